The monoisotopic (exact) mass is 1070 g/mol. The summed E-state index contributed by atoms with van der Waals surface area (Å²) in [6.07, 6.45) is 5.10. The number of fused-ring (bicyclic) bond motifs is 4. The van der Waals surface area contributed by atoms with E-state index < -0.39 is 5.97 Å². The van der Waals surface area contributed by atoms with Crippen LogP contribution in [0, 0.1) is 5.41 Å². The van der Waals surface area contributed by atoms with Gasteiger partial charge in [0.25, 0.3) is 5.56 Å². The van der Waals surface area contributed by atoms with Gasteiger partial charge in [-0.25, -0.2) is 14.8 Å². The summed E-state index contributed by atoms with van der Waals surface area (Å²) in [6.45, 7) is 12.0. The number of nitrogens with two attached hydrogens (primary N) is 1. The normalized spacial score (nSPS) is 11.1. The average molecular weight is 1070 g/mol. The summed E-state index contributed by atoms with van der Waals surface area (Å²) >= 11 is 2.71. The van der Waals surface area contributed by atoms with Crippen molar-refractivity contribution in [1.82, 2.24) is 19.4 Å². The number of likely N-dealkylation sites (N-methyl/N-ethyl adjacent to an activating group) is 1. The molecule has 0 spiro atoms. The molecule has 6 aromatic carbocycles. The molecular weight excluding hydrogens is 997 g/mol. The molecule has 8 aromatic rings. The van der Waals surface area contributed by atoms with Crippen LogP contribution < -0.4 is 21.5 Å². The molecule has 1 atom stereocenters. The Kier molecular flexibility index (Phi) is 30.1. The van der Waals surface area contributed by atoms with E-state index in [0.29, 0.717) is 33.0 Å². The zero-order chi connectivity index (χ0) is 56.6. The third-order valence-electron chi connectivity index (χ3n) is 10.3. The number of aliphatic hydroxyl groups excluding tert-OH is 1. The van der Waals surface area contributed by atoms with Gasteiger partial charge in [0.15, 0.2) is 16.1 Å². The van der Waals surface area contributed by atoms with Gasteiger partial charge < -0.3 is 26.0 Å². The van der Waals surface area contributed by atoms with Crippen molar-refractivity contribution in [3.63, 3.8) is 0 Å². The van der Waals surface area contributed by atoms with E-state index in [4.69, 9.17) is 26.1 Å². The van der Waals surface area contributed by atoms with Gasteiger partial charge in [-0.05, 0) is 93.3 Å². The lowest BCUT2D eigenvalue weighted by molar-refractivity contribution is -0.117. The van der Waals surface area contributed by atoms with Crippen molar-refractivity contribution in [1.29, 1.82) is 5.41 Å². The zero-order valence-electron chi connectivity index (χ0n) is 45.2. The van der Waals surface area contributed by atoms with E-state index in [1.165, 1.54) is 23.5 Å². The van der Waals surface area contributed by atoms with E-state index in [1.54, 1.807) is 70.3 Å². The SMILES string of the molecule is CC.CC.CC.COC(CO)N(C)C.CSC(=N)N.CSc1ncc2c(=O)n(-c3ccccc3)c3ccccc3c2n1.O=C(O)c1ccccc1Nc1ccccc1.O=C1CC(=O)N(c2ccccc2)c2ccccc21. The Hall–Kier alpha value is -7.67. The van der Waals surface area contributed by atoms with Crippen molar-refractivity contribution in [2.75, 3.05) is 50.5 Å². The van der Waals surface area contributed by atoms with Gasteiger partial charge in [-0.2, -0.15) is 0 Å². The van der Waals surface area contributed by atoms with Crippen LogP contribution in [0.25, 0.3) is 27.5 Å². The number of carboxylic acids is 1. The number of pyridine rings is 1. The minimum Gasteiger partial charge on any atom is -0.478 e. The molecule has 3 heterocycles. The highest BCUT2D eigenvalue weighted by atomic mass is 32.2. The largest absolute Gasteiger partial charge is 0.478 e. The Morgan fingerprint density at radius 3 is 1.79 bits per heavy atom. The van der Waals surface area contributed by atoms with Gasteiger partial charge in [0, 0.05) is 41.3 Å². The van der Waals surface area contributed by atoms with E-state index in [1.807, 2.05) is 189 Å². The molecule has 0 aliphatic carbocycles. The van der Waals surface area contributed by atoms with Gasteiger partial charge in [-0.1, -0.05) is 162 Å². The molecule has 1 aliphatic rings. The molecule has 0 saturated heterocycles. The lowest BCUT2D eigenvalue weighted by atomic mass is 9.99. The standard InChI is InChI=1S/C18H13N3OS.C15H11NO2.C13H11NO2.C5H13NO2.C2H6N2S.3C2H6/c1-23-18-19-11-14-16(20-18)13-9-5-6-10-15(13)21(17(14)22)12-7-3-2-4-8-12;17-14-10-15(18)16(11-6-2-1-3-7-11)13-9-5-4-8-12(13)14;15-13(16)11-8-4-5-9-12(11)14-10-6-2-1-3-7-10;1-6(2)5(4-7)8-3;1-5-2(3)4;3*1-2/h2-11H,1H3;1-9H,10H2;1-9,14H,(H,15,16);5,7H,4H2,1-3H3;1H3,(H3,3,4);3*1-2H3. The first-order valence-electron chi connectivity index (χ1n) is 24.6. The van der Waals surface area contributed by atoms with Gasteiger partial charge in [-0.3, -0.25) is 34.2 Å². The van der Waals surface area contributed by atoms with E-state index in [2.05, 4.69) is 15.3 Å². The lowest BCUT2D eigenvalue weighted by Gasteiger charge is -2.28. The number of carbonyl (C=O) groups is 3. The van der Waals surface area contributed by atoms with Gasteiger partial charge in [0.05, 0.1) is 46.4 Å². The van der Waals surface area contributed by atoms with Crippen LogP contribution in [0.2, 0.25) is 0 Å². The second-order valence-corrected chi connectivity index (χ2v) is 16.7. The molecule has 9 rings (SSSR count). The van der Waals surface area contributed by atoms with Crippen LogP contribution in [0.1, 0.15) is 68.7 Å². The number of nitrogens with zero attached hydrogens (tertiary/aromatic N) is 5. The molecule has 1 amide bonds. The number of para-hydroxylation sites is 6. The van der Waals surface area contributed by atoms with E-state index in [9.17, 15) is 19.2 Å². The number of anilines is 4. The molecule has 0 fully saturated rings. The molecule has 2 aromatic heterocycles. The van der Waals surface area contributed by atoms with Crippen molar-refractivity contribution in [2.45, 2.75) is 59.3 Å². The molecule has 0 saturated carbocycles. The number of aromatic nitrogens is 3. The summed E-state index contributed by atoms with van der Waals surface area (Å²) in [5.41, 5.74) is 10.9. The second kappa shape index (κ2) is 35.5. The quantitative estimate of drug-likeness (QED) is 0.0173. The number of Topliss-reactive ketones (excluding diaryl/α,β-unsaturated/α-hetero) is 1. The highest BCUT2D eigenvalue weighted by molar-refractivity contribution is 8.13. The first-order valence-corrected chi connectivity index (χ1v) is 27.0. The summed E-state index contributed by atoms with van der Waals surface area (Å²) in [5, 5.41) is 29.4. The van der Waals surface area contributed by atoms with Crippen LogP contribution in [-0.2, 0) is 9.53 Å². The molecule has 1 aliphatic heterocycles. The molecular formula is C59H72N8O7S2. The number of hydrogen-bond donors (Lipinski definition) is 5. The summed E-state index contributed by atoms with van der Waals surface area (Å²) in [5.74, 6) is -1.22. The van der Waals surface area contributed by atoms with Crippen LogP contribution in [0.4, 0.5) is 22.7 Å². The Balaban J connectivity index is 0.000000338. The van der Waals surface area contributed by atoms with E-state index in [0.717, 1.165) is 28.0 Å². The molecule has 0 bridgehead atoms. The Bertz CT molecular complexity index is 3070. The van der Waals surface area contributed by atoms with Gasteiger partial charge in [-0.15, -0.1) is 0 Å². The molecule has 17 heteroatoms. The number of aliphatic hydroxyl groups is 1. The van der Waals surface area contributed by atoms with Gasteiger partial charge >= 0.3 is 5.97 Å². The number of amides is 1. The highest BCUT2D eigenvalue weighted by Gasteiger charge is 2.30. The lowest BCUT2D eigenvalue weighted by Crippen LogP contribution is -2.33. The van der Waals surface area contributed by atoms with Crippen molar-refractivity contribution in [3.8, 4) is 5.69 Å². The minimum atomic E-state index is -0.931. The third-order valence-corrected chi connectivity index (χ3v) is 11.3. The molecule has 15 nitrogen and oxygen atoms in total. The van der Waals surface area contributed by atoms with Crippen molar-refractivity contribution in [3.05, 3.63) is 191 Å². The molecule has 402 valence electrons. The van der Waals surface area contributed by atoms with Crippen LogP contribution in [0.3, 0.4) is 0 Å². The summed E-state index contributed by atoms with van der Waals surface area (Å²) in [7, 11) is 5.27. The molecule has 0 radical (unpaired) electrons. The molecule has 1 unspecified atom stereocenters. The molecule has 76 heavy (non-hydrogen) atoms. The first-order chi connectivity index (χ1) is 36.8. The summed E-state index contributed by atoms with van der Waals surface area (Å²) in [6, 6.07) is 50.4. The van der Waals surface area contributed by atoms with Gasteiger partial charge in [0.2, 0.25) is 5.91 Å². The topological polar surface area (TPSA) is 217 Å². The maximum absolute atomic E-state index is 13.0. The number of methoxy groups -OCH3 is 1. The van der Waals surface area contributed by atoms with Crippen LogP contribution in [-0.4, -0.2) is 99.0 Å². The number of carboxylic acid groups (broad SMARTS) is 1. The maximum Gasteiger partial charge on any atom is 0.337 e. The fourth-order valence-electron chi connectivity index (χ4n) is 6.87. The highest BCUT2D eigenvalue weighted by Crippen LogP contribution is 2.34. The van der Waals surface area contributed by atoms with Crippen molar-refractivity contribution < 1.29 is 29.3 Å². The first kappa shape index (κ1) is 64.4. The van der Waals surface area contributed by atoms with Gasteiger partial charge in [0.1, 0.15) is 6.23 Å². The van der Waals surface area contributed by atoms with Crippen molar-refractivity contribution in [2.24, 2.45) is 5.73 Å². The summed E-state index contributed by atoms with van der Waals surface area (Å²) in [4.78, 5) is 60.1. The number of thioether (sulfide) groups is 2. The maximum atomic E-state index is 13.0. The predicted octanol–water partition coefficient (Wildman–Crippen LogP) is 12.6. The Labute approximate surface area is 455 Å². The fraction of sp³-hybridized carbons (Fsp3) is 0.237. The fourth-order valence-corrected chi connectivity index (χ4v) is 7.21. The number of hydrogen-bond acceptors (Lipinski definition) is 13. The number of rotatable bonds is 9. The molecule has 6 N–H and O–H groups in total. The number of nitrogens with one attached hydrogen (secondary N) is 2. The number of aromatic carboxylic acids is 1. The number of ether oxygens (including phenoxy) is 1. The van der Waals surface area contributed by atoms with Crippen LogP contribution >= 0.6 is 23.5 Å². The van der Waals surface area contributed by atoms with Crippen molar-refractivity contribution >= 4 is 90.9 Å². The van der Waals surface area contributed by atoms with E-state index in [-0.39, 0.29) is 47.2 Å². The summed E-state index contributed by atoms with van der Waals surface area (Å²) < 4.78 is 6.56. The second-order valence-electron chi connectivity index (χ2n) is 15.0. The zero-order valence-corrected chi connectivity index (χ0v) is 46.9. The van der Waals surface area contributed by atoms with Crippen LogP contribution in [0.15, 0.2) is 180 Å². The smallest absolute Gasteiger partial charge is 0.337 e. The third kappa shape index (κ3) is 18.9. The predicted molar refractivity (Wildman–Crippen MR) is 318 cm³/mol. The average Bonchev–Trinajstić information content (AvgIpc) is 3.46. The number of benzene rings is 6. The number of carbonyl (C=O) groups excluding carboxylic acids is 2. The Morgan fingerprint density at radius 2 is 1.26 bits per heavy atom. The number of ketones is 1. The van der Waals surface area contributed by atoms with E-state index >= 15 is 0 Å². The Morgan fingerprint density at radius 1 is 0.750 bits per heavy atom. The minimum absolute atomic E-state index is 0.0451. The van der Waals surface area contributed by atoms with Crippen LogP contribution in [0.5, 0.6) is 0 Å². The number of amidine groups is 1.